The predicted molar refractivity (Wildman–Crippen MR) is 92.2 cm³/mol. The quantitative estimate of drug-likeness (QED) is 0.586. The summed E-state index contributed by atoms with van der Waals surface area (Å²) in [5, 5.41) is 3.04. The minimum absolute atomic E-state index is 0.350. The summed E-state index contributed by atoms with van der Waals surface area (Å²) in [6, 6.07) is 20.9. The first-order valence-electron chi connectivity index (χ1n) is 7.83. The standard InChI is InChI=1S/C20H14N2O3/c23-18(14-8-2-1-3-9-14)20(22-17-12-6-7-13-21-17)16-11-5-4-10-15(16)19(24)25-20/h1-13H,(H,21,22). The molecule has 0 saturated carbocycles. The van der Waals surface area contributed by atoms with Gasteiger partial charge in [0.15, 0.2) is 0 Å². The molecule has 25 heavy (non-hydrogen) atoms. The molecule has 1 aromatic heterocycles. The van der Waals surface area contributed by atoms with Gasteiger partial charge in [0, 0.05) is 17.3 Å². The van der Waals surface area contributed by atoms with Crippen LogP contribution in [0.1, 0.15) is 26.3 Å². The molecule has 1 N–H and O–H groups in total. The van der Waals surface area contributed by atoms with Gasteiger partial charge in [-0.25, -0.2) is 9.78 Å². The fraction of sp³-hybridized carbons (Fsp3) is 0.0500. The van der Waals surface area contributed by atoms with Crippen LogP contribution in [0, 0.1) is 0 Å². The molecule has 1 unspecified atom stereocenters. The van der Waals surface area contributed by atoms with Crippen LogP contribution in [0.3, 0.4) is 0 Å². The number of aromatic nitrogens is 1. The lowest BCUT2D eigenvalue weighted by Gasteiger charge is -2.29. The van der Waals surface area contributed by atoms with Crippen LogP contribution in [0.2, 0.25) is 0 Å². The number of fused-ring (bicyclic) bond motifs is 1. The van der Waals surface area contributed by atoms with E-state index in [2.05, 4.69) is 10.3 Å². The lowest BCUT2D eigenvalue weighted by molar-refractivity contribution is 0.00880. The van der Waals surface area contributed by atoms with Crippen LogP contribution < -0.4 is 5.32 Å². The van der Waals surface area contributed by atoms with Crippen LogP contribution in [0.5, 0.6) is 0 Å². The van der Waals surface area contributed by atoms with E-state index in [-0.39, 0.29) is 5.78 Å². The monoisotopic (exact) mass is 330 g/mol. The zero-order chi connectivity index (χ0) is 17.3. The Hall–Kier alpha value is -3.47. The van der Waals surface area contributed by atoms with Crippen LogP contribution in [0.4, 0.5) is 5.82 Å². The highest BCUT2D eigenvalue weighted by molar-refractivity contribution is 6.10. The van der Waals surface area contributed by atoms with E-state index in [0.717, 1.165) is 0 Å². The maximum atomic E-state index is 13.3. The topological polar surface area (TPSA) is 68.3 Å². The number of anilines is 1. The molecule has 0 fully saturated rings. The number of ketones is 1. The molecular weight excluding hydrogens is 316 g/mol. The Morgan fingerprint density at radius 1 is 0.920 bits per heavy atom. The lowest BCUT2D eigenvalue weighted by atomic mass is 9.92. The average Bonchev–Trinajstić information content (AvgIpc) is 2.96. The van der Waals surface area contributed by atoms with Gasteiger partial charge < -0.3 is 10.1 Å². The van der Waals surface area contributed by atoms with E-state index >= 15 is 0 Å². The van der Waals surface area contributed by atoms with E-state index in [9.17, 15) is 9.59 Å². The molecule has 0 radical (unpaired) electrons. The summed E-state index contributed by atoms with van der Waals surface area (Å²) < 4.78 is 5.60. The zero-order valence-corrected chi connectivity index (χ0v) is 13.2. The molecule has 1 aliphatic heterocycles. The van der Waals surface area contributed by atoms with Crippen molar-refractivity contribution in [2.75, 3.05) is 5.32 Å². The number of Topliss-reactive ketones (excluding diaryl/α,β-unsaturated/α-hetero) is 1. The van der Waals surface area contributed by atoms with Gasteiger partial charge in [-0.2, -0.15) is 0 Å². The number of esters is 1. The van der Waals surface area contributed by atoms with E-state index in [4.69, 9.17) is 4.74 Å². The Morgan fingerprint density at radius 2 is 1.64 bits per heavy atom. The Morgan fingerprint density at radius 3 is 2.40 bits per heavy atom. The van der Waals surface area contributed by atoms with Gasteiger partial charge >= 0.3 is 5.97 Å². The van der Waals surface area contributed by atoms with Crippen molar-refractivity contribution in [2.24, 2.45) is 0 Å². The minimum Gasteiger partial charge on any atom is -0.423 e. The Balaban J connectivity index is 1.88. The third-order valence-electron chi connectivity index (χ3n) is 4.10. The molecule has 0 bridgehead atoms. The number of pyridine rings is 1. The van der Waals surface area contributed by atoms with Crippen molar-refractivity contribution in [3.05, 3.63) is 95.7 Å². The Kier molecular flexibility index (Phi) is 3.54. The van der Waals surface area contributed by atoms with Crippen LogP contribution in [0.15, 0.2) is 79.0 Å². The summed E-state index contributed by atoms with van der Waals surface area (Å²) >= 11 is 0. The first-order valence-corrected chi connectivity index (χ1v) is 7.83. The number of hydrogen-bond donors (Lipinski definition) is 1. The second-order valence-corrected chi connectivity index (χ2v) is 5.65. The van der Waals surface area contributed by atoms with Gasteiger partial charge in [0.2, 0.25) is 5.78 Å². The third-order valence-corrected chi connectivity index (χ3v) is 4.10. The molecule has 0 aliphatic carbocycles. The fourth-order valence-corrected chi connectivity index (χ4v) is 2.95. The molecule has 4 rings (SSSR count). The van der Waals surface area contributed by atoms with Crippen molar-refractivity contribution in [2.45, 2.75) is 5.72 Å². The first-order chi connectivity index (χ1) is 12.2. The molecule has 0 amide bonds. The van der Waals surface area contributed by atoms with E-state index in [0.29, 0.717) is 22.5 Å². The summed E-state index contributed by atoms with van der Waals surface area (Å²) in [6.07, 6.45) is 1.60. The molecule has 1 atom stereocenters. The average molecular weight is 330 g/mol. The molecule has 5 heteroatoms. The number of nitrogens with one attached hydrogen (secondary N) is 1. The molecule has 2 aromatic carbocycles. The van der Waals surface area contributed by atoms with E-state index in [1.807, 2.05) is 6.07 Å². The van der Waals surface area contributed by atoms with Crippen molar-refractivity contribution < 1.29 is 14.3 Å². The predicted octanol–water partition coefficient (Wildman–Crippen LogP) is 3.40. The second-order valence-electron chi connectivity index (χ2n) is 5.65. The van der Waals surface area contributed by atoms with Crippen molar-refractivity contribution in [1.29, 1.82) is 0 Å². The fourth-order valence-electron chi connectivity index (χ4n) is 2.95. The number of hydrogen-bond acceptors (Lipinski definition) is 5. The number of cyclic esters (lactones) is 1. The number of benzene rings is 2. The largest absolute Gasteiger partial charge is 0.423 e. The molecule has 122 valence electrons. The lowest BCUT2D eigenvalue weighted by Crippen LogP contribution is -2.44. The number of carbonyl (C=O) groups is 2. The van der Waals surface area contributed by atoms with Crippen LogP contribution in [-0.2, 0) is 10.5 Å². The maximum absolute atomic E-state index is 13.3. The van der Waals surface area contributed by atoms with Crippen LogP contribution in [-0.4, -0.2) is 16.7 Å². The van der Waals surface area contributed by atoms with Gasteiger partial charge in [0.25, 0.3) is 5.72 Å². The molecule has 0 spiro atoms. The van der Waals surface area contributed by atoms with Gasteiger partial charge in [0.1, 0.15) is 5.82 Å². The minimum atomic E-state index is -1.64. The summed E-state index contributed by atoms with van der Waals surface area (Å²) in [6.45, 7) is 0. The third kappa shape index (κ3) is 2.46. The van der Waals surface area contributed by atoms with Gasteiger partial charge in [-0.3, -0.25) is 4.79 Å². The van der Waals surface area contributed by atoms with Crippen LogP contribution in [0.25, 0.3) is 0 Å². The van der Waals surface area contributed by atoms with Gasteiger partial charge in [-0.15, -0.1) is 0 Å². The molecule has 1 aliphatic rings. The number of nitrogens with zero attached hydrogens (tertiary/aromatic N) is 1. The highest BCUT2D eigenvalue weighted by Crippen LogP contribution is 2.39. The summed E-state index contributed by atoms with van der Waals surface area (Å²) in [5.41, 5.74) is -0.339. The molecule has 5 nitrogen and oxygen atoms in total. The van der Waals surface area contributed by atoms with Gasteiger partial charge in [-0.05, 0) is 18.2 Å². The molecule has 0 saturated heterocycles. The normalized spacial score (nSPS) is 18.3. The molecule has 2 heterocycles. The smallest absolute Gasteiger partial charge is 0.341 e. The first kappa shape index (κ1) is 15.1. The van der Waals surface area contributed by atoms with E-state index in [1.165, 1.54) is 0 Å². The Labute approximate surface area is 144 Å². The summed E-state index contributed by atoms with van der Waals surface area (Å²) in [4.78, 5) is 29.9. The van der Waals surface area contributed by atoms with Gasteiger partial charge in [0.05, 0.1) is 5.56 Å². The number of rotatable bonds is 4. The molecular formula is C20H14N2O3. The van der Waals surface area contributed by atoms with E-state index in [1.54, 1.807) is 72.9 Å². The number of ether oxygens (including phenoxy) is 1. The highest BCUT2D eigenvalue weighted by atomic mass is 16.6. The summed E-state index contributed by atoms with van der Waals surface area (Å²) in [5.74, 6) is -0.448. The zero-order valence-electron chi connectivity index (χ0n) is 13.2. The van der Waals surface area contributed by atoms with Crippen molar-refractivity contribution >= 4 is 17.6 Å². The van der Waals surface area contributed by atoms with Crippen molar-refractivity contribution in [3.8, 4) is 0 Å². The Bertz CT molecular complexity index is 941. The van der Waals surface area contributed by atoms with Crippen molar-refractivity contribution in [3.63, 3.8) is 0 Å². The van der Waals surface area contributed by atoms with Crippen LogP contribution >= 0.6 is 0 Å². The SMILES string of the molecule is O=C1OC(Nc2ccccn2)(C(=O)c2ccccc2)c2ccccc21. The molecule has 3 aromatic rings. The van der Waals surface area contributed by atoms with E-state index < -0.39 is 11.7 Å². The summed E-state index contributed by atoms with van der Waals surface area (Å²) in [7, 11) is 0. The second kappa shape index (κ2) is 5.87. The van der Waals surface area contributed by atoms with Crippen molar-refractivity contribution in [1.82, 2.24) is 4.98 Å². The van der Waals surface area contributed by atoms with Gasteiger partial charge in [-0.1, -0.05) is 54.6 Å². The number of carbonyl (C=O) groups excluding carboxylic acids is 2. The highest BCUT2D eigenvalue weighted by Gasteiger charge is 2.52. The maximum Gasteiger partial charge on any atom is 0.341 e.